The molecule has 0 aromatic carbocycles. The minimum Gasteiger partial charge on any atom is -0.360 e. The van der Waals surface area contributed by atoms with Gasteiger partial charge < -0.3 is 9.80 Å². The summed E-state index contributed by atoms with van der Waals surface area (Å²) in [6.45, 7) is 7.25. The Morgan fingerprint density at radius 1 is 1.00 bits per heavy atom. The molecule has 21 heavy (non-hydrogen) atoms. The molecule has 0 aromatic heterocycles. The van der Waals surface area contributed by atoms with Gasteiger partial charge in [-0.25, -0.2) is 0 Å². The number of hydrogen-bond donors (Lipinski definition) is 0. The Labute approximate surface area is 139 Å². The van der Waals surface area contributed by atoms with Gasteiger partial charge in [0.25, 0.3) is 0 Å². The minimum atomic E-state index is 0.196. The monoisotopic (exact) mass is 322 g/mol. The first-order chi connectivity index (χ1) is 9.97. The third-order valence-electron chi connectivity index (χ3n) is 7.04. The van der Waals surface area contributed by atoms with Gasteiger partial charge in [-0.05, 0) is 58.8 Å². The Morgan fingerprint density at radius 2 is 1.76 bits per heavy atom. The SMILES string of the molecule is C[C@@]12CCCCN1C(=S)[C@@H]1C[C@H]2CN2C(=S)CCC[C@]12C. The summed E-state index contributed by atoms with van der Waals surface area (Å²) < 4.78 is 0. The van der Waals surface area contributed by atoms with Gasteiger partial charge in [-0.1, -0.05) is 24.4 Å². The summed E-state index contributed by atoms with van der Waals surface area (Å²) >= 11 is 11.8. The molecule has 4 aliphatic rings. The van der Waals surface area contributed by atoms with E-state index in [0.29, 0.717) is 11.5 Å². The highest BCUT2D eigenvalue weighted by molar-refractivity contribution is 7.80. The molecule has 4 atom stereocenters. The highest BCUT2D eigenvalue weighted by Gasteiger charge is 2.59. The van der Waals surface area contributed by atoms with Crippen molar-refractivity contribution in [2.45, 2.75) is 69.9 Å². The summed E-state index contributed by atoms with van der Waals surface area (Å²) in [5.41, 5.74) is 0.488. The van der Waals surface area contributed by atoms with Crippen LogP contribution in [0.1, 0.15) is 58.8 Å². The van der Waals surface area contributed by atoms with Crippen LogP contribution >= 0.6 is 24.4 Å². The molecule has 4 heterocycles. The van der Waals surface area contributed by atoms with Crippen LogP contribution in [0.25, 0.3) is 0 Å². The Balaban J connectivity index is 1.76. The standard InChI is InChI=1S/C17H26N2S2/c1-16-7-3-4-9-18(16)15(21)13-10-12(16)11-19-14(20)6-5-8-17(13,19)2/h12-13H,3-11H2,1-2H3/t12-,13-,16-,17+/m0/s1. The maximum Gasteiger partial charge on any atom is 0.0838 e. The lowest BCUT2D eigenvalue weighted by atomic mass is 9.60. The molecule has 4 heteroatoms. The van der Waals surface area contributed by atoms with Crippen LogP contribution in [0.15, 0.2) is 0 Å². The minimum absolute atomic E-state index is 0.196. The molecule has 4 rings (SSSR count). The lowest BCUT2D eigenvalue weighted by molar-refractivity contribution is -0.0552. The van der Waals surface area contributed by atoms with Crippen molar-refractivity contribution in [3.05, 3.63) is 0 Å². The quantitative estimate of drug-likeness (QED) is 0.626. The van der Waals surface area contributed by atoms with Crippen LogP contribution in [-0.2, 0) is 0 Å². The van der Waals surface area contributed by atoms with Crippen molar-refractivity contribution in [3.8, 4) is 0 Å². The molecule has 116 valence electrons. The van der Waals surface area contributed by atoms with Crippen molar-refractivity contribution in [2.24, 2.45) is 11.8 Å². The van der Waals surface area contributed by atoms with Crippen LogP contribution in [0.3, 0.4) is 0 Å². The number of hydrogen-bond acceptors (Lipinski definition) is 2. The highest BCUT2D eigenvalue weighted by atomic mass is 32.1. The Kier molecular flexibility index (Phi) is 3.18. The number of nitrogens with zero attached hydrogens (tertiary/aromatic N) is 2. The van der Waals surface area contributed by atoms with E-state index in [1.165, 1.54) is 61.6 Å². The zero-order valence-electron chi connectivity index (χ0n) is 13.2. The fourth-order valence-electron chi connectivity index (χ4n) is 5.59. The predicted molar refractivity (Wildman–Crippen MR) is 94.7 cm³/mol. The Bertz CT molecular complexity index is 505. The summed E-state index contributed by atoms with van der Waals surface area (Å²) in [6, 6.07) is 0. The van der Waals surface area contributed by atoms with E-state index in [1.807, 2.05) is 0 Å². The zero-order chi connectivity index (χ0) is 14.8. The molecule has 0 unspecified atom stereocenters. The van der Waals surface area contributed by atoms with Crippen molar-refractivity contribution in [2.75, 3.05) is 13.1 Å². The van der Waals surface area contributed by atoms with Gasteiger partial charge in [0, 0.05) is 36.0 Å². The van der Waals surface area contributed by atoms with Gasteiger partial charge in [0.05, 0.1) is 9.98 Å². The second-order valence-electron chi connectivity index (χ2n) is 8.00. The fraction of sp³-hybridized carbons (Fsp3) is 0.882. The summed E-state index contributed by atoms with van der Waals surface area (Å²) in [5.74, 6) is 1.27. The molecule has 0 aromatic rings. The average Bonchev–Trinajstić information content (AvgIpc) is 2.45. The maximum atomic E-state index is 6.02. The van der Waals surface area contributed by atoms with E-state index >= 15 is 0 Å². The second kappa shape index (κ2) is 4.64. The van der Waals surface area contributed by atoms with Gasteiger partial charge in [-0.15, -0.1) is 0 Å². The van der Waals surface area contributed by atoms with Gasteiger partial charge in [0.1, 0.15) is 0 Å². The van der Waals surface area contributed by atoms with Crippen molar-refractivity contribution in [1.29, 1.82) is 0 Å². The Morgan fingerprint density at radius 3 is 2.57 bits per heavy atom. The van der Waals surface area contributed by atoms with Gasteiger partial charge >= 0.3 is 0 Å². The molecule has 2 bridgehead atoms. The van der Waals surface area contributed by atoms with Crippen LogP contribution < -0.4 is 0 Å². The summed E-state index contributed by atoms with van der Waals surface area (Å²) in [5, 5.41) is 0. The van der Waals surface area contributed by atoms with Gasteiger partial charge in [0.2, 0.25) is 0 Å². The topological polar surface area (TPSA) is 6.48 Å². The largest absolute Gasteiger partial charge is 0.360 e. The van der Waals surface area contributed by atoms with Crippen LogP contribution in [0, 0.1) is 11.8 Å². The molecule has 0 radical (unpaired) electrons. The van der Waals surface area contributed by atoms with Crippen molar-refractivity contribution in [1.82, 2.24) is 9.80 Å². The number of thiocarbonyl (C=S) groups is 2. The molecule has 0 N–H and O–H groups in total. The summed E-state index contributed by atoms with van der Waals surface area (Å²) in [7, 11) is 0. The first-order valence-corrected chi connectivity index (χ1v) is 9.40. The van der Waals surface area contributed by atoms with E-state index in [1.54, 1.807) is 0 Å². The first-order valence-electron chi connectivity index (χ1n) is 8.59. The Hall–Kier alpha value is -0.220. The van der Waals surface area contributed by atoms with E-state index < -0.39 is 0 Å². The lowest BCUT2D eigenvalue weighted by Gasteiger charge is -2.66. The molecular weight excluding hydrogens is 296 g/mol. The third kappa shape index (κ3) is 1.81. The van der Waals surface area contributed by atoms with E-state index in [-0.39, 0.29) is 5.54 Å². The van der Waals surface area contributed by atoms with Gasteiger partial charge in [-0.2, -0.15) is 0 Å². The average molecular weight is 323 g/mol. The summed E-state index contributed by atoms with van der Waals surface area (Å²) in [4.78, 5) is 7.68. The molecule has 4 fully saturated rings. The van der Waals surface area contributed by atoms with E-state index in [2.05, 4.69) is 23.6 Å². The summed E-state index contributed by atoms with van der Waals surface area (Å²) in [6.07, 6.45) is 8.88. The number of rotatable bonds is 0. The number of fused-ring (bicyclic) bond motifs is 6. The normalized spacial score (nSPS) is 46.2. The smallest absolute Gasteiger partial charge is 0.0838 e. The van der Waals surface area contributed by atoms with Crippen LogP contribution in [0.5, 0.6) is 0 Å². The van der Waals surface area contributed by atoms with Gasteiger partial charge in [-0.3, -0.25) is 0 Å². The molecule has 0 amide bonds. The fourth-order valence-corrected chi connectivity index (χ4v) is 6.67. The van der Waals surface area contributed by atoms with Crippen molar-refractivity contribution >= 4 is 34.4 Å². The van der Waals surface area contributed by atoms with Crippen molar-refractivity contribution in [3.63, 3.8) is 0 Å². The molecule has 2 nitrogen and oxygen atoms in total. The van der Waals surface area contributed by atoms with Crippen LogP contribution in [0.4, 0.5) is 0 Å². The second-order valence-corrected chi connectivity index (χ2v) is 8.89. The highest BCUT2D eigenvalue weighted by Crippen LogP contribution is 2.53. The number of piperidine rings is 4. The first kappa shape index (κ1) is 14.4. The van der Waals surface area contributed by atoms with Crippen LogP contribution in [0.2, 0.25) is 0 Å². The zero-order valence-corrected chi connectivity index (χ0v) is 14.9. The molecule has 0 aliphatic carbocycles. The van der Waals surface area contributed by atoms with E-state index in [9.17, 15) is 0 Å². The molecule has 4 aliphatic heterocycles. The predicted octanol–water partition coefficient (Wildman–Crippen LogP) is 3.78. The van der Waals surface area contributed by atoms with Gasteiger partial charge in [0.15, 0.2) is 0 Å². The van der Waals surface area contributed by atoms with Crippen LogP contribution in [-0.4, -0.2) is 43.9 Å². The molecular formula is C17H26N2S2. The lowest BCUT2D eigenvalue weighted by Crippen LogP contribution is -2.74. The van der Waals surface area contributed by atoms with E-state index in [0.717, 1.165) is 12.3 Å². The molecule has 0 saturated carbocycles. The van der Waals surface area contributed by atoms with E-state index in [4.69, 9.17) is 24.4 Å². The van der Waals surface area contributed by atoms with Crippen molar-refractivity contribution < 1.29 is 0 Å². The molecule has 4 saturated heterocycles. The third-order valence-corrected chi connectivity index (χ3v) is 7.97. The molecule has 0 spiro atoms. The maximum absolute atomic E-state index is 6.02.